The lowest BCUT2D eigenvalue weighted by molar-refractivity contribution is 0.873. The van der Waals surface area contributed by atoms with Gasteiger partial charge in [0.2, 0.25) is 0 Å². The van der Waals surface area contributed by atoms with E-state index in [1.165, 1.54) is 0 Å². The van der Waals surface area contributed by atoms with Crippen LogP contribution in [0, 0.1) is 9.49 Å². The van der Waals surface area contributed by atoms with Crippen LogP contribution in [0.15, 0.2) is 27.7 Å². The van der Waals surface area contributed by atoms with Gasteiger partial charge in [-0.15, -0.1) is 0 Å². The average molecular weight is 367 g/mol. The summed E-state index contributed by atoms with van der Waals surface area (Å²) >= 11 is 5.70. The third-order valence-corrected chi connectivity index (χ3v) is 3.09. The molecule has 1 aromatic carbocycles. The quantitative estimate of drug-likeness (QED) is 0.483. The van der Waals surface area contributed by atoms with Gasteiger partial charge in [-0.3, -0.25) is 0 Å². The third-order valence-electron chi connectivity index (χ3n) is 1.75. The molecule has 0 heterocycles. The lowest BCUT2D eigenvalue weighted by atomic mass is 10.2. The molecule has 1 rings (SSSR count). The van der Waals surface area contributed by atoms with E-state index in [1.807, 2.05) is 32.0 Å². The van der Waals surface area contributed by atoms with Crippen molar-refractivity contribution in [3.05, 3.63) is 26.2 Å². The summed E-state index contributed by atoms with van der Waals surface area (Å²) in [6.07, 6.45) is 0. The molecule has 2 nitrogen and oxygen atoms in total. The van der Waals surface area contributed by atoms with Crippen LogP contribution < -0.4 is 5.73 Å². The molecule has 0 saturated carbocycles. The monoisotopic (exact) mass is 366 g/mol. The highest BCUT2D eigenvalue weighted by Crippen LogP contribution is 2.27. The Morgan fingerprint density at radius 3 is 2.71 bits per heavy atom. The van der Waals surface area contributed by atoms with Crippen LogP contribution >= 0.6 is 38.5 Å². The van der Waals surface area contributed by atoms with Gasteiger partial charge < -0.3 is 5.73 Å². The number of amidine groups is 1. The summed E-state index contributed by atoms with van der Waals surface area (Å²) in [5.41, 5.74) is 6.69. The molecular formula is C10H12BrIN2. The molecule has 0 fully saturated rings. The first-order valence-corrected chi connectivity index (χ1v) is 6.17. The smallest absolute Gasteiger partial charge is 0.102 e. The van der Waals surface area contributed by atoms with Crippen LogP contribution in [0.2, 0.25) is 0 Å². The minimum absolute atomic E-state index is 0.278. The van der Waals surface area contributed by atoms with Crippen molar-refractivity contribution in [2.45, 2.75) is 13.8 Å². The molecule has 0 saturated heterocycles. The van der Waals surface area contributed by atoms with Gasteiger partial charge in [0.05, 0.1) is 5.69 Å². The lowest BCUT2D eigenvalue weighted by Crippen LogP contribution is -2.18. The zero-order chi connectivity index (χ0) is 10.7. The molecule has 0 amide bonds. The predicted molar refractivity (Wildman–Crippen MR) is 73.0 cm³/mol. The SMILES string of the molecule is CC(C)C(N)=Nc1cc(I)ccc1Br. The van der Waals surface area contributed by atoms with Crippen molar-refractivity contribution in [1.29, 1.82) is 0 Å². The zero-order valence-corrected chi connectivity index (χ0v) is 11.8. The molecule has 0 bridgehead atoms. The van der Waals surface area contributed by atoms with Gasteiger partial charge >= 0.3 is 0 Å². The van der Waals surface area contributed by atoms with Crippen LogP contribution in [0.25, 0.3) is 0 Å². The molecule has 0 aliphatic rings. The van der Waals surface area contributed by atoms with Crippen molar-refractivity contribution >= 4 is 50.0 Å². The Balaban J connectivity index is 3.07. The Bertz CT molecular complexity index is 361. The van der Waals surface area contributed by atoms with E-state index in [0.717, 1.165) is 13.7 Å². The standard InChI is InChI=1S/C10H12BrIN2/c1-6(2)10(13)14-9-5-7(12)3-4-8(9)11/h3-6H,1-2H3,(H2,13,14). The second-order valence-electron chi connectivity index (χ2n) is 3.29. The largest absolute Gasteiger partial charge is 0.387 e. The Morgan fingerprint density at radius 2 is 2.14 bits per heavy atom. The number of aliphatic imine (C=N–C) groups is 1. The van der Waals surface area contributed by atoms with Crippen LogP contribution in [0.5, 0.6) is 0 Å². The van der Waals surface area contributed by atoms with Gasteiger partial charge in [0.25, 0.3) is 0 Å². The van der Waals surface area contributed by atoms with E-state index in [0.29, 0.717) is 5.84 Å². The van der Waals surface area contributed by atoms with Crippen LogP contribution in [0.1, 0.15) is 13.8 Å². The Morgan fingerprint density at radius 1 is 1.50 bits per heavy atom. The predicted octanol–water partition coefficient (Wildman–Crippen LogP) is 3.70. The summed E-state index contributed by atoms with van der Waals surface area (Å²) in [4.78, 5) is 4.36. The van der Waals surface area contributed by atoms with E-state index in [1.54, 1.807) is 0 Å². The second kappa shape index (κ2) is 5.11. The van der Waals surface area contributed by atoms with Crippen LogP contribution in [-0.4, -0.2) is 5.84 Å². The Hall–Kier alpha value is -0.100. The first-order valence-electron chi connectivity index (χ1n) is 4.30. The third kappa shape index (κ3) is 3.24. The maximum absolute atomic E-state index is 5.79. The molecule has 14 heavy (non-hydrogen) atoms. The highest BCUT2D eigenvalue weighted by molar-refractivity contribution is 14.1. The fraction of sp³-hybridized carbons (Fsp3) is 0.300. The van der Waals surface area contributed by atoms with Gasteiger partial charge in [-0.2, -0.15) is 0 Å². The summed E-state index contributed by atoms with van der Waals surface area (Å²) in [7, 11) is 0. The molecule has 0 spiro atoms. The summed E-state index contributed by atoms with van der Waals surface area (Å²) in [6.45, 7) is 4.06. The minimum atomic E-state index is 0.278. The number of hydrogen-bond donors (Lipinski definition) is 1. The highest BCUT2D eigenvalue weighted by atomic mass is 127. The molecule has 0 aromatic heterocycles. The van der Waals surface area contributed by atoms with Crippen LogP contribution in [0.4, 0.5) is 5.69 Å². The van der Waals surface area contributed by atoms with Gasteiger partial charge in [-0.25, -0.2) is 4.99 Å². The number of benzene rings is 1. The molecule has 76 valence electrons. The molecule has 4 heteroatoms. The Kier molecular flexibility index (Phi) is 4.37. The average Bonchev–Trinajstić information content (AvgIpc) is 2.11. The van der Waals surface area contributed by atoms with Gasteiger partial charge in [-0.05, 0) is 56.7 Å². The first-order chi connectivity index (χ1) is 6.50. The van der Waals surface area contributed by atoms with Gasteiger partial charge in [0.15, 0.2) is 0 Å². The number of nitrogens with two attached hydrogens (primary N) is 1. The van der Waals surface area contributed by atoms with Crippen molar-refractivity contribution in [1.82, 2.24) is 0 Å². The van der Waals surface area contributed by atoms with E-state index in [2.05, 4.69) is 43.5 Å². The summed E-state index contributed by atoms with van der Waals surface area (Å²) in [6, 6.07) is 6.00. The Labute approximate surface area is 106 Å². The molecule has 0 aliphatic carbocycles. The minimum Gasteiger partial charge on any atom is -0.387 e. The fourth-order valence-corrected chi connectivity index (χ4v) is 1.65. The number of hydrogen-bond acceptors (Lipinski definition) is 1. The first kappa shape index (κ1) is 12.0. The van der Waals surface area contributed by atoms with Crippen molar-refractivity contribution in [2.75, 3.05) is 0 Å². The van der Waals surface area contributed by atoms with Gasteiger partial charge in [0.1, 0.15) is 5.84 Å². The highest BCUT2D eigenvalue weighted by Gasteiger charge is 2.02. The van der Waals surface area contributed by atoms with Crippen LogP contribution in [0.3, 0.4) is 0 Å². The summed E-state index contributed by atoms with van der Waals surface area (Å²) in [5.74, 6) is 0.937. The molecule has 0 aliphatic heterocycles. The molecule has 0 unspecified atom stereocenters. The van der Waals surface area contributed by atoms with E-state index < -0.39 is 0 Å². The number of nitrogens with zero attached hydrogens (tertiary/aromatic N) is 1. The number of rotatable bonds is 2. The second-order valence-corrected chi connectivity index (χ2v) is 5.39. The number of halogens is 2. The van der Waals surface area contributed by atoms with E-state index in [4.69, 9.17) is 5.73 Å². The maximum Gasteiger partial charge on any atom is 0.102 e. The van der Waals surface area contributed by atoms with Gasteiger partial charge in [-0.1, -0.05) is 13.8 Å². The van der Waals surface area contributed by atoms with E-state index in [9.17, 15) is 0 Å². The van der Waals surface area contributed by atoms with Crippen molar-refractivity contribution in [3.63, 3.8) is 0 Å². The summed E-state index contributed by atoms with van der Waals surface area (Å²) in [5, 5.41) is 0. The van der Waals surface area contributed by atoms with E-state index in [-0.39, 0.29) is 5.92 Å². The molecule has 0 atom stereocenters. The topological polar surface area (TPSA) is 38.4 Å². The van der Waals surface area contributed by atoms with E-state index >= 15 is 0 Å². The normalized spacial score (nSPS) is 12.2. The molecule has 2 N–H and O–H groups in total. The molecule has 0 radical (unpaired) electrons. The van der Waals surface area contributed by atoms with Gasteiger partial charge in [0, 0.05) is 14.0 Å². The van der Waals surface area contributed by atoms with Crippen molar-refractivity contribution < 1.29 is 0 Å². The van der Waals surface area contributed by atoms with Crippen molar-refractivity contribution in [2.24, 2.45) is 16.6 Å². The fourth-order valence-electron chi connectivity index (χ4n) is 0.840. The maximum atomic E-state index is 5.79. The molecule has 1 aromatic rings. The molecular weight excluding hydrogens is 355 g/mol. The summed E-state index contributed by atoms with van der Waals surface area (Å²) < 4.78 is 2.13. The zero-order valence-electron chi connectivity index (χ0n) is 8.09. The van der Waals surface area contributed by atoms with Crippen LogP contribution in [-0.2, 0) is 0 Å². The lowest BCUT2D eigenvalue weighted by Gasteiger charge is -2.05. The van der Waals surface area contributed by atoms with Crippen molar-refractivity contribution in [3.8, 4) is 0 Å².